The third kappa shape index (κ3) is 4.91. The van der Waals surface area contributed by atoms with Gasteiger partial charge in [-0.1, -0.05) is 13.8 Å². The number of anilines is 1. The lowest BCUT2D eigenvalue weighted by atomic mass is 9.68. The smallest absolute Gasteiger partial charge is 0.341 e. The Kier molecular flexibility index (Phi) is 7.52. The monoisotopic (exact) mass is 564 g/mol. The number of allylic oxidation sites excluding steroid dienone is 3. The van der Waals surface area contributed by atoms with Gasteiger partial charge in [0.15, 0.2) is 5.78 Å². The molecule has 2 aromatic rings. The number of thiophene rings is 1. The van der Waals surface area contributed by atoms with Crippen molar-refractivity contribution >= 4 is 34.0 Å². The molecule has 0 bridgehead atoms. The van der Waals surface area contributed by atoms with Crippen molar-refractivity contribution in [1.82, 2.24) is 5.32 Å². The number of hydrogen-bond donors (Lipinski definition) is 2. The molecule has 1 atom stereocenters. The number of Topliss-reactive ketones (excluding diaryl/α,β-unsaturated/α-hetero) is 1. The number of carbonyl (C=O) groups is 3. The first-order valence-corrected chi connectivity index (χ1v) is 14.4. The number of methoxy groups -OCH3 is 3. The predicted molar refractivity (Wildman–Crippen MR) is 154 cm³/mol. The highest BCUT2D eigenvalue weighted by molar-refractivity contribution is 7.17. The molecule has 0 spiro atoms. The van der Waals surface area contributed by atoms with E-state index in [0.717, 1.165) is 41.8 Å². The molecule has 40 heavy (non-hydrogen) atoms. The van der Waals surface area contributed by atoms with Crippen LogP contribution in [0.25, 0.3) is 0 Å². The summed E-state index contributed by atoms with van der Waals surface area (Å²) in [4.78, 5) is 41.9. The van der Waals surface area contributed by atoms with E-state index in [0.29, 0.717) is 57.3 Å². The minimum absolute atomic E-state index is 0.00624. The van der Waals surface area contributed by atoms with Gasteiger partial charge in [-0.15, -0.1) is 11.3 Å². The van der Waals surface area contributed by atoms with Gasteiger partial charge in [-0.25, -0.2) is 4.79 Å². The zero-order chi connectivity index (χ0) is 28.8. The minimum atomic E-state index is -0.680. The lowest BCUT2D eigenvalue weighted by Gasteiger charge is -2.40. The number of amides is 1. The predicted octanol–water partition coefficient (Wildman–Crippen LogP) is 5.67. The normalized spacial score (nSPS) is 19.9. The van der Waals surface area contributed by atoms with Gasteiger partial charge in [-0.05, 0) is 68.2 Å². The van der Waals surface area contributed by atoms with Crippen LogP contribution in [-0.2, 0) is 27.2 Å². The number of benzene rings is 1. The van der Waals surface area contributed by atoms with E-state index < -0.39 is 11.9 Å². The Morgan fingerprint density at radius 3 is 2.52 bits per heavy atom. The maximum atomic E-state index is 14.2. The molecule has 1 aromatic heterocycles. The molecular weight excluding hydrogens is 528 g/mol. The second-order valence-corrected chi connectivity index (χ2v) is 12.5. The van der Waals surface area contributed by atoms with Gasteiger partial charge in [0.2, 0.25) is 0 Å². The van der Waals surface area contributed by atoms with Crippen LogP contribution >= 0.6 is 11.3 Å². The quantitative estimate of drug-likeness (QED) is 0.436. The Balaban J connectivity index is 1.64. The topological polar surface area (TPSA) is 103 Å². The maximum absolute atomic E-state index is 14.2. The fraction of sp³-hybridized carbons (Fsp3) is 0.452. The highest BCUT2D eigenvalue weighted by Crippen LogP contribution is 2.49. The van der Waals surface area contributed by atoms with Gasteiger partial charge in [0.1, 0.15) is 16.5 Å². The van der Waals surface area contributed by atoms with Crippen molar-refractivity contribution in [3.05, 3.63) is 62.3 Å². The van der Waals surface area contributed by atoms with E-state index in [1.54, 1.807) is 26.4 Å². The molecule has 3 aliphatic rings. The lowest BCUT2D eigenvalue weighted by Crippen LogP contribution is -2.39. The Hall–Kier alpha value is -3.59. The van der Waals surface area contributed by atoms with E-state index in [1.807, 2.05) is 13.0 Å². The van der Waals surface area contributed by atoms with Gasteiger partial charge in [-0.3, -0.25) is 9.59 Å². The van der Waals surface area contributed by atoms with Gasteiger partial charge in [0.25, 0.3) is 5.91 Å². The van der Waals surface area contributed by atoms with Crippen LogP contribution in [0.3, 0.4) is 0 Å². The molecule has 1 aromatic carbocycles. The van der Waals surface area contributed by atoms with E-state index in [-0.39, 0.29) is 17.1 Å². The van der Waals surface area contributed by atoms with Gasteiger partial charge in [0.05, 0.1) is 32.8 Å². The number of rotatable bonds is 6. The molecule has 2 N–H and O–H groups in total. The van der Waals surface area contributed by atoms with Crippen LogP contribution in [0, 0.1) is 5.41 Å². The van der Waals surface area contributed by atoms with Crippen LogP contribution in [0.1, 0.15) is 78.7 Å². The largest absolute Gasteiger partial charge is 0.497 e. The van der Waals surface area contributed by atoms with Crippen LogP contribution < -0.4 is 20.1 Å². The number of hydrogen-bond acceptors (Lipinski definition) is 8. The summed E-state index contributed by atoms with van der Waals surface area (Å²) in [7, 11) is 4.51. The van der Waals surface area contributed by atoms with Gasteiger partial charge in [0, 0.05) is 39.4 Å². The van der Waals surface area contributed by atoms with E-state index in [4.69, 9.17) is 14.2 Å². The molecule has 9 heteroatoms. The summed E-state index contributed by atoms with van der Waals surface area (Å²) in [5, 5.41) is 6.93. The van der Waals surface area contributed by atoms with Crippen molar-refractivity contribution in [3.8, 4) is 11.5 Å². The van der Waals surface area contributed by atoms with Crippen molar-refractivity contribution in [2.75, 3.05) is 26.6 Å². The van der Waals surface area contributed by atoms with Crippen molar-refractivity contribution < 1.29 is 28.6 Å². The number of fused-ring (bicyclic) bond motifs is 1. The summed E-state index contributed by atoms with van der Waals surface area (Å²) in [6, 6.07) is 5.41. The first-order chi connectivity index (χ1) is 19.1. The van der Waals surface area contributed by atoms with Gasteiger partial charge in [-0.2, -0.15) is 0 Å². The van der Waals surface area contributed by atoms with Crippen molar-refractivity contribution in [3.63, 3.8) is 0 Å². The van der Waals surface area contributed by atoms with Crippen molar-refractivity contribution in [2.45, 2.75) is 65.2 Å². The zero-order valence-corrected chi connectivity index (χ0v) is 24.7. The van der Waals surface area contributed by atoms with Gasteiger partial charge >= 0.3 is 5.97 Å². The van der Waals surface area contributed by atoms with Gasteiger partial charge < -0.3 is 24.8 Å². The Bertz CT molecular complexity index is 1460. The van der Waals surface area contributed by atoms with Crippen molar-refractivity contribution in [2.24, 2.45) is 5.41 Å². The molecule has 1 amide bonds. The van der Waals surface area contributed by atoms with E-state index >= 15 is 0 Å². The molecule has 2 heterocycles. The summed E-state index contributed by atoms with van der Waals surface area (Å²) in [5.74, 6) is -0.376. The molecule has 0 saturated heterocycles. The molecule has 0 radical (unpaired) electrons. The number of carbonyl (C=O) groups excluding carboxylic acids is 3. The van der Waals surface area contributed by atoms with Crippen LogP contribution in [0.5, 0.6) is 11.5 Å². The first kappa shape index (κ1) is 28.0. The number of ether oxygens (including phenoxy) is 3. The Morgan fingerprint density at radius 1 is 1.07 bits per heavy atom. The molecule has 1 unspecified atom stereocenters. The van der Waals surface area contributed by atoms with E-state index in [2.05, 4.69) is 24.5 Å². The average Bonchev–Trinajstić information content (AvgIpc) is 3.28. The fourth-order valence-electron chi connectivity index (χ4n) is 6.26. The molecule has 8 nitrogen and oxygen atoms in total. The molecule has 0 fully saturated rings. The van der Waals surface area contributed by atoms with E-state index in [1.165, 1.54) is 18.4 Å². The average molecular weight is 565 g/mol. The zero-order valence-electron chi connectivity index (χ0n) is 23.9. The second kappa shape index (κ2) is 10.8. The van der Waals surface area contributed by atoms with E-state index in [9.17, 15) is 14.4 Å². The summed E-state index contributed by atoms with van der Waals surface area (Å²) < 4.78 is 16.4. The SMILES string of the molecule is COC(=O)c1c(NC(=O)C2=C(C)NC3=C(C(=O)CC(C)(C)C3)C2c2cc(OC)ccc2OC)sc2c1CCCC2. The van der Waals surface area contributed by atoms with Crippen molar-refractivity contribution in [1.29, 1.82) is 0 Å². The number of dihydropyridines is 1. The molecule has 212 valence electrons. The van der Waals surface area contributed by atoms with Crippen LogP contribution in [0.15, 0.2) is 40.7 Å². The third-order valence-electron chi connectivity index (χ3n) is 8.02. The standard InChI is InChI=1S/C31H36N2O6S/c1-16-24(28(35)33-29-26(30(36)39-6)18-9-7-8-10-23(18)40-29)25(19-13-17(37-4)11-12-22(19)38-5)27-20(32-16)14-31(2,3)15-21(27)34/h11-13,25,32H,7-10,14-15H2,1-6H3,(H,33,35). The highest BCUT2D eigenvalue weighted by Gasteiger charge is 2.44. The lowest BCUT2D eigenvalue weighted by molar-refractivity contribution is -0.118. The molecular formula is C31H36N2O6S. The second-order valence-electron chi connectivity index (χ2n) is 11.4. The first-order valence-electron chi connectivity index (χ1n) is 13.6. The summed E-state index contributed by atoms with van der Waals surface area (Å²) in [5.41, 5.74) is 4.31. The molecule has 1 aliphatic heterocycles. The third-order valence-corrected chi connectivity index (χ3v) is 9.23. The number of esters is 1. The maximum Gasteiger partial charge on any atom is 0.341 e. The Morgan fingerprint density at radius 2 is 1.82 bits per heavy atom. The fourth-order valence-corrected chi connectivity index (χ4v) is 7.53. The number of nitrogens with one attached hydrogen (secondary N) is 2. The van der Waals surface area contributed by atoms with Crippen LogP contribution in [0.2, 0.25) is 0 Å². The Labute approximate surface area is 238 Å². The number of ketones is 1. The van der Waals surface area contributed by atoms with Crippen LogP contribution in [-0.4, -0.2) is 39.0 Å². The number of aryl methyl sites for hydroxylation is 1. The minimum Gasteiger partial charge on any atom is -0.497 e. The molecule has 2 aliphatic carbocycles. The summed E-state index contributed by atoms with van der Waals surface area (Å²) in [6.07, 6.45) is 4.72. The summed E-state index contributed by atoms with van der Waals surface area (Å²) in [6.45, 7) is 6.00. The van der Waals surface area contributed by atoms with Crippen LogP contribution in [0.4, 0.5) is 5.00 Å². The highest BCUT2D eigenvalue weighted by atomic mass is 32.1. The molecule has 5 rings (SSSR count). The summed E-state index contributed by atoms with van der Waals surface area (Å²) >= 11 is 1.43. The molecule has 0 saturated carbocycles.